The zero-order chi connectivity index (χ0) is 16.7. The molecule has 0 bridgehead atoms. The van der Waals surface area contributed by atoms with Crippen LogP contribution in [0, 0.1) is 6.92 Å². The van der Waals surface area contributed by atoms with Gasteiger partial charge in [0, 0.05) is 34.4 Å². The molecule has 120 valence electrons. The van der Waals surface area contributed by atoms with Crippen molar-refractivity contribution in [3.8, 4) is 0 Å². The predicted octanol–water partition coefficient (Wildman–Crippen LogP) is 3.35. The average molecular weight is 318 g/mol. The van der Waals surface area contributed by atoms with E-state index >= 15 is 0 Å². The number of aromatic nitrogens is 1. The van der Waals surface area contributed by atoms with E-state index in [1.807, 2.05) is 58.9 Å². The topological polar surface area (TPSA) is 42.3 Å². The van der Waals surface area contributed by atoms with E-state index in [1.54, 1.807) is 0 Å². The minimum Gasteiger partial charge on any atom is -0.335 e. The third kappa shape index (κ3) is 2.14. The van der Waals surface area contributed by atoms with Gasteiger partial charge in [-0.15, -0.1) is 0 Å². The molecule has 0 unspecified atom stereocenters. The van der Waals surface area contributed by atoms with Crippen LogP contribution in [0.25, 0.3) is 10.9 Å². The normalized spacial score (nSPS) is 13.3. The van der Waals surface area contributed by atoms with Gasteiger partial charge in [-0.2, -0.15) is 0 Å². The van der Waals surface area contributed by atoms with Crippen molar-refractivity contribution in [3.63, 3.8) is 0 Å². The van der Waals surface area contributed by atoms with Gasteiger partial charge in [0.05, 0.1) is 0 Å². The first-order valence-electron chi connectivity index (χ1n) is 8.12. The molecule has 0 saturated heterocycles. The molecule has 1 aliphatic heterocycles. The Labute approximate surface area is 140 Å². The van der Waals surface area contributed by atoms with Crippen LogP contribution in [0.3, 0.4) is 0 Å². The quantitative estimate of drug-likeness (QED) is 0.695. The summed E-state index contributed by atoms with van der Waals surface area (Å²) in [6.07, 6.45) is 1.77. The van der Waals surface area contributed by atoms with Crippen LogP contribution in [0.1, 0.15) is 21.6 Å². The zero-order valence-electron chi connectivity index (χ0n) is 13.5. The van der Waals surface area contributed by atoms with Gasteiger partial charge in [0.1, 0.15) is 6.54 Å². The van der Waals surface area contributed by atoms with Crippen LogP contribution in [0.5, 0.6) is 0 Å². The molecule has 0 N–H and O–H groups in total. The Hall–Kier alpha value is -2.88. The number of hydrogen-bond donors (Lipinski definition) is 0. The van der Waals surface area contributed by atoms with Crippen LogP contribution in [0.4, 0.5) is 5.69 Å². The Morgan fingerprint density at radius 1 is 1.12 bits per heavy atom. The van der Waals surface area contributed by atoms with Crippen LogP contribution >= 0.6 is 0 Å². The number of carbonyl (C=O) groups excluding carboxylic acids is 2. The number of rotatable bonds is 3. The van der Waals surface area contributed by atoms with Gasteiger partial charge in [-0.1, -0.05) is 36.4 Å². The number of nitrogens with zero attached hydrogens (tertiary/aromatic N) is 2. The van der Waals surface area contributed by atoms with Crippen LogP contribution in [0.15, 0.2) is 48.5 Å². The molecule has 2 aromatic carbocycles. The van der Waals surface area contributed by atoms with Crippen LogP contribution < -0.4 is 4.90 Å². The second kappa shape index (κ2) is 5.64. The molecule has 24 heavy (non-hydrogen) atoms. The van der Waals surface area contributed by atoms with Gasteiger partial charge in [-0.05, 0) is 31.0 Å². The Morgan fingerprint density at radius 2 is 1.88 bits per heavy atom. The minimum atomic E-state index is 0.0567. The van der Waals surface area contributed by atoms with E-state index in [0.29, 0.717) is 5.56 Å². The Balaban J connectivity index is 1.72. The van der Waals surface area contributed by atoms with E-state index in [0.717, 1.165) is 41.5 Å². The first-order chi connectivity index (χ1) is 11.7. The Morgan fingerprint density at radius 3 is 2.71 bits per heavy atom. The summed E-state index contributed by atoms with van der Waals surface area (Å²) in [5.41, 5.74) is 4.66. The molecule has 0 atom stereocenters. The molecular weight excluding hydrogens is 300 g/mol. The van der Waals surface area contributed by atoms with Gasteiger partial charge < -0.3 is 9.47 Å². The van der Waals surface area contributed by atoms with E-state index < -0.39 is 0 Å². The van der Waals surface area contributed by atoms with Gasteiger partial charge in [0.15, 0.2) is 6.29 Å². The third-order valence-electron chi connectivity index (χ3n) is 4.88. The largest absolute Gasteiger partial charge is 0.335 e. The lowest BCUT2D eigenvalue weighted by molar-refractivity contribution is -0.119. The molecule has 0 radical (unpaired) electrons. The summed E-state index contributed by atoms with van der Waals surface area (Å²) in [5.74, 6) is 0.0567. The lowest BCUT2D eigenvalue weighted by Gasteiger charge is -2.19. The number of fused-ring (bicyclic) bond motifs is 2. The Bertz CT molecular complexity index is 955. The zero-order valence-corrected chi connectivity index (χ0v) is 13.5. The molecule has 1 amide bonds. The monoisotopic (exact) mass is 318 g/mol. The van der Waals surface area contributed by atoms with Crippen molar-refractivity contribution in [3.05, 3.63) is 65.4 Å². The summed E-state index contributed by atoms with van der Waals surface area (Å²) in [4.78, 5) is 26.2. The molecule has 4 rings (SSSR count). The predicted molar refractivity (Wildman–Crippen MR) is 94.6 cm³/mol. The van der Waals surface area contributed by atoms with Crippen molar-refractivity contribution in [2.45, 2.75) is 19.9 Å². The second-order valence-electron chi connectivity index (χ2n) is 6.14. The van der Waals surface area contributed by atoms with Crippen LogP contribution in [0.2, 0.25) is 0 Å². The number of aldehydes is 1. The van der Waals surface area contributed by atoms with Gasteiger partial charge in [-0.25, -0.2) is 0 Å². The highest BCUT2D eigenvalue weighted by molar-refractivity contribution is 6.01. The summed E-state index contributed by atoms with van der Waals surface area (Å²) in [5, 5.41) is 0.902. The van der Waals surface area contributed by atoms with Gasteiger partial charge in [0.2, 0.25) is 5.91 Å². The van der Waals surface area contributed by atoms with Crippen molar-refractivity contribution in [2.75, 3.05) is 11.4 Å². The summed E-state index contributed by atoms with van der Waals surface area (Å²) in [7, 11) is 0. The fraction of sp³-hybridized carbons (Fsp3) is 0.200. The standard InChI is InChI=1S/C20H18N2O2/c1-14-17(13-23)16-7-3-5-9-19(16)22(14)12-20(24)21-11-10-15-6-2-4-8-18(15)21/h2-9,13H,10-12H2,1H3. The van der Waals surface area contributed by atoms with E-state index in [4.69, 9.17) is 0 Å². The molecule has 0 saturated carbocycles. The smallest absolute Gasteiger partial charge is 0.246 e. The Kier molecular flexibility index (Phi) is 3.45. The maximum Gasteiger partial charge on any atom is 0.246 e. The summed E-state index contributed by atoms with van der Waals surface area (Å²) in [6, 6.07) is 15.8. The summed E-state index contributed by atoms with van der Waals surface area (Å²) in [6.45, 7) is 2.86. The molecule has 3 aromatic rings. The number of benzene rings is 2. The lowest BCUT2D eigenvalue weighted by atomic mass is 10.1. The average Bonchev–Trinajstić information content (AvgIpc) is 3.15. The fourth-order valence-corrected chi connectivity index (χ4v) is 3.63. The molecular formula is C20H18N2O2. The first kappa shape index (κ1) is 14.7. The third-order valence-corrected chi connectivity index (χ3v) is 4.88. The maximum absolute atomic E-state index is 12.9. The lowest BCUT2D eigenvalue weighted by Crippen LogP contribution is -2.32. The van der Waals surface area contributed by atoms with Gasteiger partial charge >= 0.3 is 0 Å². The number of hydrogen-bond acceptors (Lipinski definition) is 2. The number of anilines is 1. The molecule has 4 nitrogen and oxygen atoms in total. The second-order valence-corrected chi connectivity index (χ2v) is 6.14. The molecule has 4 heteroatoms. The van der Waals surface area contributed by atoms with Crippen LogP contribution in [-0.2, 0) is 17.8 Å². The van der Waals surface area contributed by atoms with E-state index in [1.165, 1.54) is 5.56 Å². The highest BCUT2D eigenvalue weighted by Gasteiger charge is 2.25. The first-order valence-corrected chi connectivity index (χ1v) is 8.12. The molecule has 1 aliphatic rings. The highest BCUT2D eigenvalue weighted by atomic mass is 16.2. The van der Waals surface area contributed by atoms with Crippen molar-refractivity contribution >= 4 is 28.8 Å². The molecule has 0 fully saturated rings. The molecule has 0 spiro atoms. The number of para-hydroxylation sites is 2. The number of carbonyl (C=O) groups is 2. The van der Waals surface area contributed by atoms with Crippen molar-refractivity contribution in [1.29, 1.82) is 0 Å². The summed E-state index contributed by atoms with van der Waals surface area (Å²) >= 11 is 0. The number of amides is 1. The van der Waals surface area contributed by atoms with Gasteiger partial charge in [0.25, 0.3) is 0 Å². The van der Waals surface area contributed by atoms with Gasteiger partial charge in [-0.3, -0.25) is 9.59 Å². The highest BCUT2D eigenvalue weighted by Crippen LogP contribution is 2.29. The minimum absolute atomic E-state index is 0.0567. The summed E-state index contributed by atoms with van der Waals surface area (Å²) < 4.78 is 1.95. The van der Waals surface area contributed by atoms with Crippen molar-refractivity contribution in [1.82, 2.24) is 4.57 Å². The maximum atomic E-state index is 12.9. The molecule has 1 aromatic heterocycles. The van der Waals surface area contributed by atoms with Crippen LogP contribution in [-0.4, -0.2) is 23.3 Å². The van der Waals surface area contributed by atoms with Crippen molar-refractivity contribution < 1.29 is 9.59 Å². The SMILES string of the molecule is Cc1c(C=O)c2ccccc2n1CC(=O)N1CCc2ccccc21. The fourth-order valence-electron chi connectivity index (χ4n) is 3.63. The van der Waals surface area contributed by atoms with Crippen molar-refractivity contribution in [2.24, 2.45) is 0 Å². The molecule has 0 aliphatic carbocycles. The van der Waals surface area contributed by atoms with E-state index in [2.05, 4.69) is 6.07 Å². The van der Waals surface area contributed by atoms with E-state index in [-0.39, 0.29) is 12.5 Å². The molecule has 2 heterocycles. The van der Waals surface area contributed by atoms with E-state index in [9.17, 15) is 9.59 Å².